The van der Waals surface area contributed by atoms with Crippen LogP contribution >= 0.6 is 0 Å². The Kier molecular flexibility index (Phi) is 4.38. The monoisotopic (exact) mass is 273 g/mol. The molecule has 0 saturated heterocycles. The number of rotatable bonds is 5. The predicted molar refractivity (Wildman–Crippen MR) is 66.7 cm³/mol. The lowest BCUT2D eigenvalue weighted by Crippen LogP contribution is -2.38. The summed E-state index contributed by atoms with van der Waals surface area (Å²) in [6, 6.07) is 3.50. The van der Waals surface area contributed by atoms with Gasteiger partial charge in [-0.15, -0.1) is 0 Å². The second-order valence-corrected chi connectivity index (χ2v) is 5.60. The molecule has 0 aliphatic heterocycles. The number of sulfonamides is 1. The summed E-state index contributed by atoms with van der Waals surface area (Å²) in [5, 5.41) is 10.7. The zero-order valence-corrected chi connectivity index (χ0v) is 10.9. The molecule has 0 radical (unpaired) electrons. The fourth-order valence-corrected chi connectivity index (χ4v) is 2.99. The van der Waals surface area contributed by atoms with Crippen LogP contribution in [-0.4, -0.2) is 25.9 Å². The molecule has 0 amide bonds. The molecule has 0 aliphatic carbocycles. The van der Waals surface area contributed by atoms with Crippen LogP contribution in [0, 0.1) is 17.0 Å². The van der Waals surface area contributed by atoms with Crippen LogP contribution in [0.2, 0.25) is 0 Å². The van der Waals surface area contributed by atoms with Crippen molar-refractivity contribution in [3.05, 3.63) is 33.9 Å². The lowest BCUT2D eigenvalue weighted by molar-refractivity contribution is -0.385. The molecule has 7 nitrogen and oxygen atoms in total. The maximum Gasteiger partial charge on any atom is 0.273 e. The van der Waals surface area contributed by atoms with E-state index in [0.29, 0.717) is 0 Å². The van der Waals surface area contributed by atoms with Crippen molar-refractivity contribution in [2.75, 3.05) is 6.54 Å². The van der Waals surface area contributed by atoms with Crippen LogP contribution in [0.5, 0.6) is 0 Å². The van der Waals surface area contributed by atoms with E-state index in [1.807, 2.05) is 0 Å². The molecule has 0 fully saturated rings. The predicted octanol–water partition coefficient (Wildman–Crippen LogP) is 0.529. The van der Waals surface area contributed by atoms with Crippen molar-refractivity contribution in [2.24, 2.45) is 5.73 Å². The van der Waals surface area contributed by atoms with Gasteiger partial charge in [-0.2, -0.15) is 0 Å². The summed E-state index contributed by atoms with van der Waals surface area (Å²) in [5.74, 6) is 0. The van der Waals surface area contributed by atoms with Gasteiger partial charge in [-0.1, -0.05) is 6.07 Å². The van der Waals surface area contributed by atoms with Crippen LogP contribution in [0.15, 0.2) is 23.1 Å². The van der Waals surface area contributed by atoms with Crippen molar-refractivity contribution < 1.29 is 13.3 Å². The van der Waals surface area contributed by atoms with E-state index in [0.717, 1.165) is 0 Å². The number of nitrogens with one attached hydrogen (secondary N) is 1. The van der Waals surface area contributed by atoms with E-state index in [-0.39, 0.29) is 22.7 Å². The Morgan fingerprint density at radius 1 is 1.50 bits per heavy atom. The molecule has 0 spiro atoms. The summed E-state index contributed by atoms with van der Waals surface area (Å²) in [6.07, 6.45) is 0. The Labute approximate surface area is 105 Å². The molecule has 0 saturated carbocycles. The van der Waals surface area contributed by atoms with Crippen molar-refractivity contribution in [3.63, 3.8) is 0 Å². The number of nitro benzene ring substituents is 1. The summed E-state index contributed by atoms with van der Waals surface area (Å²) in [5.41, 5.74) is 5.22. The maximum absolute atomic E-state index is 12.0. The minimum Gasteiger partial charge on any atom is -0.329 e. The molecule has 8 heteroatoms. The molecule has 0 bridgehead atoms. The number of benzene rings is 1. The third kappa shape index (κ3) is 3.03. The molecule has 3 N–H and O–H groups in total. The number of hydrogen-bond acceptors (Lipinski definition) is 5. The van der Waals surface area contributed by atoms with Gasteiger partial charge in [-0.05, 0) is 19.9 Å². The molecule has 18 heavy (non-hydrogen) atoms. The first-order chi connectivity index (χ1) is 8.29. The van der Waals surface area contributed by atoms with Gasteiger partial charge in [0.1, 0.15) is 0 Å². The topological polar surface area (TPSA) is 115 Å². The summed E-state index contributed by atoms with van der Waals surface area (Å²) < 4.78 is 26.4. The molecular weight excluding hydrogens is 258 g/mol. The third-order valence-electron chi connectivity index (χ3n) is 2.45. The standard InChI is InChI=1S/C10H15N3O4S/c1-7(6-11)12-18(16,17)10-5-3-4-9(8(10)2)13(14)15/h3-5,7,12H,6,11H2,1-2H3/t7-/m1/s1. The first kappa shape index (κ1) is 14.6. The first-order valence-electron chi connectivity index (χ1n) is 5.26. The molecule has 0 unspecified atom stereocenters. The van der Waals surface area contributed by atoms with Gasteiger partial charge < -0.3 is 5.73 Å². The molecular formula is C10H15N3O4S. The molecule has 100 valence electrons. The van der Waals surface area contributed by atoms with E-state index in [2.05, 4.69) is 4.72 Å². The minimum absolute atomic E-state index is 0.100. The number of nitrogens with two attached hydrogens (primary N) is 1. The van der Waals surface area contributed by atoms with E-state index < -0.39 is 21.0 Å². The lowest BCUT2D eigenvalue weighted by Gasteiger charge is -2.13. The van der Waals surface area contributed by atoms with Gasteiger partial charge >= 0.3 is 0 Å². The highest BCUT2D eigenvalue weighted by molar-refractivity contribution is 7.89. The van der Waals surface area contributed by atoms with E-state index in [9.17, 15) is 18.5 Å². The van der Waals surface area contributed by atoms with Gasteiger partial charge in [0, 0.05) is 24.2 Å². The molecule has 1 atom stereocenters. The number of nitrogens with zero attached hydrogens (tertiary/aromatic N) is 1. The van der Waals surface area contributed by atoms with Crippen molar-refractivity contribution >= 4 is 15.7 Å². The van der Waals surface area contributed by atoms with Crippen LogP contribution in [0.3, 0.4) is 0 Å². The minimum atomic E-state index is -3.79. The Hall–Kier alpha value is -1.51. The molecule has 0 aromatic heterocycles. The molecule has 1 aromatic carbocycles. The average molecular weight is 273 g/mol. The van der Waals surface area contributed by atoms with Gasteiger partial charge in [0.05, 0.1) is 9.82 Å². The van der Waals surface area contributed by atoms with Gasteiger partial charge in [-0.25, -0.2) is 13.1 Å². The molecule has 0 aliphatic rings. The van der Waals surface area contributed by atoms with Gasteiger partial charge in [0.15, 0.2) is 0 Å². The highest BCUT2D eigenvalue weighted by atomic mass is 32.2. The first-order valence-corrected chi connectivity index (χ1v) is 6.74. The summed E-state index contributed by atoms with van der Waals surface area (Å²) in [7, 11) is -3.79. The van der Waals surface area contributed by atoms with Crippen LogP contribution in [-0.2, 0) is 10.0 Å². The Bertz CT molecular complexity index is 556. The van der Waals surface area contributed by atoms with Crippen LogP contribution in [0.1, 0.15) is 12.5 Å². The van der Waals surface area contributed by atoms with Gasteiger partial charge in [-0.3, -0.25) is 10.1 Å². The number of hydrogen-bond donors (Lipinski definition) is 2. The van der Waals surface area contributed by atoms with Crippen LogP contribution in [0.4, 0.5) is 5.69 Å². The highest BCUT2D eigenvalue weighted by Gasteiger charge is 2.23. The molecule has 1 aromatic rings. The zero-order chi connectivity index (χ0) is 13.9. The van der Waals surface area contributed by atoms with E-state index in [1.165, 1.54) is 25.1 Å². The largest absolute Gasteiger partial charge is 0.329 e. The van der Waals surface area contributed by atoms with Crippen molar-refractivity contribution in [1.29, 1.82) is 0 Å². The fraction of sp³-hybridized carbons (Fsp3) is 0.400. The lowest BCUT2D eigenvalue weighted by atomic mass is 10.2. The van der Waals surface area contributed by atoms with Crippen LogP contribution in [0.25, 0.3) is 0 Å². The number of nitro groups is 1. The second-order valence-electron chi connectivity index (χ2n) is 3.92. The highest BCUT2D eigenvalue weighted by Crippen LogP contribution is 2.24. The Balaban J connectivity index is 3.26. The smallest absolute Gasteiger partial charge is 0.273 e. The van der Waals surface area contributed by atoms with E-state index in [4.69, 9.17) is 5.73 Å². The summed E-state index contributed by atoms with van der Waals surface area (Å²) in [4.78, 5) is 10.0. The normalized spacial score (nSPS) is 13.3. The van der Waals surface area contributed by atoms with E-state index in [1.54, 1.807) is 6.92 Å². The van der Waals surface area contributed by atoms with Gasteiger partial charge in [0.25, 0.3) is 5.69 Å². The van der Waals surface area contributed by atoms with Crippen molar-refractivity contribution in [2.45, 2.75) is 24.8 Å². The summed E-state index contributed by atoms with van der Waals surface area (Å²) >= 11 is 0. The zero-order valence-electron chi connectivity index (χ0n) is 10.1. The maximum atomic E-state index is 12.0. The van der Waals surface area contributed by atoms with E-state index >= 15 is 0 Å². The van der Waals surface area contributed by atoms with Crippen molar-refractivity contribution in [3.8, 4) is 0 Å². The SMILES string of the molecule is Cc1c([N+](=O)[O-])cccc1S(=O)(=O)N[C@H](C)CN. The molecule has 0 heterocycles. The third-order valence-corrected chi connectivity index (χ3v) is 4.19. The fourth-order valence-electron chi connectivity index (χ4n) is 1.47. The second kappa shape index (κ2) is 5.42. The molecule has 1 rings (SSSR count). The Morgan fingerprint density at radius 2 is 2.11 bits per heavy atom. The van der Waals surface area contributed by atoms with Gasteiger partial charge in [0.2, 0.25) is 10.0 Å². The average Bonchev–Trinajstić information content (AvgIpc) is 2.27. The quantitative estimate of drug-likeness (QED) is 0.599. The Morgan fingerprint density at radius 3 is 2.61 bits per heavy atom. The summed E-state index contributed by atoms with van der Waals surface area (Å²) in [6.45, 7) is 3.16. The van der Waals surface area contributed by atoms with Crippen LogP contribution < -0.4 is 10.5 Å². The van der Waals surface area contributed by atoms with Crippen molar-refractivity contribution in [1.82, 2.24) is 4.72 Å².